The number of nitrogens with zero attached hydrogens (tertiary/aromatic N) is 4. The Morgan fingerprint density at radius 2 is 1.35 bits per heavy atom. The van der Waals surface area contributed by atoms with Gasteiger partial charge in [0.15, 0.2) is 5.60 Å². The lowest BCUT2D eigenvalue weighted by molar-refractivity contribution is -0.150. The van der Waals surface area contributed by atoms with Crippen LogP contribution in [0.4, 0.5) is 28.4 Å². The molecule has 11 nitrogen and oxygen atoms in total. The minimum atomic E-state index is -1.56. The summed E-state index contributed by atoms with van der Waals surface area (Å²) in [6.45, 7) is 7.01. The molecule has 0 aromatic heterocycles. The summed E-state index contributed by atoms with van der Waals surface area (Å²) in [5, 5.41) is 14.1. The second kappa shape index (κ2) is 15.9. The quantitative estimate of drug-likeness (QED) is 0.145. The molecule has 2 saturated heterocycles. The van der Waals surface area contributed by atoms with Gasteiger partial charge >= 0.3 is 0 Å². The van der Waals surface area contributed by atoms with Crippen molar-refractivity contribution in [1.82, 2.24) is 4.90 Å². The molecule has 0 radical (unpaired) electrons. The number of anilines is 5. The zero-order valence-electron chi connectivity index (χ0n) is 39.0. The van der Waals surface area contributed by atoms with Crippen molar-refractivity contribution in [2.75, 3.05) is 35.0 Å². The maximum atomic E-state index is 16.0. The van der Waals surface area contributed by atoms with Crippen molar-refractivity contribution in [2.24, 2.45) is 11.8 Å². The summed E-state index contributed by atoms with van der Waals surface area (Å²) >= 11 is 0. The van der Waals surface area contributed by atoms with Gasteiger partial charge in [-0.05, 0) is 107 Å². The van der Waals surface area contributed by atoms with Crippen molar-refractivity contribution in [3.8, 4) is 5.75 Å². The molecule has 0 saturated carbocycles. The second-order valence-corrected chi connectivity index (χ2v) is 19.8. The van der Waals surface area contributed by atoms with Gasteiger partial charge in [0.2, 0.25) is 5.91 Å². The highest BCUT2D eigenvalue weighted by Gasteiger charge is 2.66. The van der Waals surface area contributed by atoms with Crippen LogP contribution < -0.4 is 19.4 Å². The van der Waals surface area contributed by atoms with Crippen LogP contribution in [0, 0.1) is 11.8 Å². The van der Waals surface area contributed by atoms with E-state index in [4.69, 9.17) is 9.47 Å². The van der Waals surface area contributed by atoms with E-state index in [1.165, 1.54) is 0 Å². The molecule has 5 atom stereocenters. The largest absolute Gasteiger partial charge is 0.497 e. The fourth-order valence-corrected chi connectivity index (χ4v) is 12.7. The van der Waals surface area contributed by atoms with Gasteiger partial charge in [-0.25, -0.2) is 0 Å². The first-order valence-electron chi connectivity index (χ1n) is 23.9. The number of aliphatic hydroxyl groups is 1. The Hall–Kier alpha value is -7.34. The summed E-state index contributed by atoms with van der Waals surface area (Å²) in [6.07, 6.45) is 0.844. The SMILES string of the molecule is COc1ccc(C(C)(C)[C@H]2[C@H](CC(=O)N3CCC[C@H]3CO)O[C@@]3(C(=O)N(Cc4ccc(N5C(=O)c6cccc7cccc5c67)cc4)c4ccc(N5C(=O)c6cccc7cccc5c67)cc43)[C@@H]2C)cc1. The van der Waals surface area contributed by atoms with E-state index in [1.54, 1.807) is 26.7 Å². The molecule has 1 N–H and O–H groups in total. The topological polar surface area (TPSA) is 120 Å². The third-order valence-corrected chi connectivity index (χ3v) is 16.0. The zero-order valence-corrected chi connectivity index (χ0v) is 39.0. The first kappa shape index (κ1) is 43.0. The number of methoxy groups -OCH3 is 1. The standard InChI is InChI=1S/C58H52N4O7/c1-34-53(57(2,3)38-21-26-42(68-4)27-22-38)49(31-50(64)59-29-9-14-41(59)33-63)69-58(34)45-30-40(62-48-18-8-13-37-11-6-16-44(52(37)48)55(62)66)25-28-46(45)60(56(58)67)32-35-19-23-39(24-20-35)61-47-17-7-12-36-10-5-15-43(51(36)47)54(61)65/h5-8,10-13,15-28,30,34,41,49,53,63H,9,14,29,31-33H2,1-4H3/t34-,41+,49+,53-,58+/m1/s1. The van der Waals surface area contributed by atoms with Crippen molar-refractivity contribution < 1.29 is 33.8 Å². The molecule has 2 fully saturated rings. The Balaban J connectivity index is 0.965. The van der Waals surface area contributed by atoms with E-state index >= 15 is 4.79 Å². The van der Waals surface area contributed by atoms with Crippen LogP contribution in [0.1, 0.15) is 77.4 Å². The molecule has 0 unspecified atom stereocenters. The number of fused-ring (bicyclic) bond motifs is 2. The summed E-state index contributed by atoms with van der Waals surface area (Å²) in [5.74, 6) is -0.720. The highest BCUT2D eigenvalue weighted by Crippen LogP contribution is 2.61. The van der Waals surface area contributed by atoms with E-state index in [2.05, 4.69) is 20.8 Å². The molecule has 4 amide bonds. The fraction of sp³-hybridized carbons (Fsp3) is 0.276. The Bertz CT molecular complexity index is 3280. The average Bonchev–Trinajstić information content (AvgIpc) is 4.16. The molecule has 69 heavy (non-hydrogen) atoms. The van der Waals surface area contributed by atoms with Crippen LogP contribution in [0.2, 0.25) is 0 Å². The number of hydrogen-bond acceptors (Lipinski definition) is 7. The predicted molar refractivity (Wildman–Crippen MR) is 267 cm³/mol. The van der Waals surface area contributed by atoms with Crippen molar-refractivity contribution in [3.63, 3.8) is 0 Å². The highest BCUT2D eigenvalue weighted by molar-refractivity contribution is 6.29. The van der Waals surface area contributed by atoms with Crippen LogP contribution in [0.15, 0.2) is 140 Å². The summed E-state index contributed by atoms with van der Waals surface area (Å²) in [7, 11) is 1.64. The number of hydrogen-bond donors (Lipinski definition) is 1. The Labute approximate surface area is 400 Å². The van der Waals surface area contributed by atoms with Gasteiger partial charge < -0.3 is 24.4 Å². The molecule has 5 heterocycles. The van der Waals surface area contributed by atoms with Gasteiger partial charge in [0.25, 0.3) is 17.7 Å². The van der Waals surface area contributed by atoms with Crippen molar-refractivity contribution in [2.45, 2.75) is 69.7 Å². The summed E-state index contributed by atoms with van der Waals surface area (Å²) < 4.78 is 13.0. The van der Waals surface area contributed by atoms with Crippen LogP contribution in [0.3, 0.4) is 0 Å². The third-order valence-electron chi connectivity index (χ3n) is 16.0. The van der Waals surface area contributed by atoms with E-state index < -0.39 is 23.0 Å². The van der Waals surface area contributed by atoms with Gasteiger partial charge in [-0.15, -0.1) is 0 Å². The predicted octanol–water partition coefficient (Wildman–Crippen LogP) is 10.3. The Kier molecular flexibility index (Phi) is 9.88. The number of ether oxygens (including phenoxy) is 2. The molecule has 1 spiro atoms. The number of benzene rings is 7. The number of aliphatic hydroxyl groups excluding tert-OH is 1. The van der Waals surface area contributed by atoms with E-state index in [0.29, 0.717) is 34.6 Å². The number of carbonyl (C=O) groups excluding carboxylic acids is 4. The fourth-order valence-electron chi connectivity index (χ4n) is 12.7. The monoisotopic (exact) mass is 916 g/mol. The summed E-state index contributed by atoms with van der Waals surface area (Å²) in [5.41, 5.74) is 5.18. The average molecular weight is 917 g/mol. The molecule has 5 aliphatic rings. The van der Waals surface area contributed by atoms with Gasteiger partial charge in [0, 0.05) is 46.1 Å². The van der Waals surface area contributed by atoms with Crippen LogP contribution in [0.25, 0.3) is 21.5 Å². The van der Waals surface area contributed by atoms with Gasteiger partial charge in [-0.1, -0.05) is 93.6 Å². The maximum Gasteiger partial charge on any atom is 0.264 e. The molecule has 12 rings (SSSR count). The van der Waals surface area contributed by atoms with E-state index in [9.17, 15) is 19.5 Å². The minimum absolute atomic E-state index is 0.0192. The molecule has 11 heteroatoms. The van der Waals surface area contributed by atoms with E-state index in [1.807, 2.05) is 140 Å². The number of amides is 4. The maximum absolute atomic E-state index is 16.0. The van der Waals surface area contributed by atoms with Crippen LogP contribution >= 0.6 is 0 Å². The van der Waals surface area contributed by atoms with Crippen LogP contribution in [-0.4, -0.2) is 66.0 Å². The van der Waals surface area contributed by atoms with Gasteiger partial charge in [0.05, 0.1) is 67.0 Å². The molecule has 0 aliphatic carbocycles. The highest BCUT2D eigenvalue weighted by atomic mass is 16.5. The van der Waals surface area contributed by atoms with E-state index in [-0.39, 0.29) is 55.2 Å². The molecule has 346 valence electrons. The Morgan fingerprint density at radius 1 is 0.754 bits per heavy atom. The third kappa shape index (κ3) is 6.26. The lowest BCUT2D eigenvalue weighted by Crippen LogP contribution is -2.46. The molecular formula is C58H52N4O7. The van der Waals surface area contributed by atoms with Crippen molar-refractivity contribution in [3.05, 3.63) is 167 Å². The number of likely N-dealkylation sites (tertiary alicyclic amines) is 1. The smallest absolute Gasteiger partial charge is 0.264 e. The van der Waals surface area contributed by atoms with Gasteiger partial charge in [-0.2, -0.15) is 0 Å². The normalized spacial score (nSPS) is 22.6. The second-order valence-electron chi connectivity index (χ2n) is 19.8. The van der Waals surface area contributed by atoms with Crippen LogP contribution in [0.5, 0.6) is 5.75 Å². The molecule has 7 aromatic rings. The van der Waals surface area contributed by atoms with Gasteiger partial charge in [-0.3, -0.25) is 29.0 Å². The first-order chi connectivity index (χ1) is 33.4. The minimum Gasteiger partial charge on any atom is -0.497 e. The van der Waals surface area contributed by atoms with Crippen molar-refractivity contribution >= 4 is 73.6 Å². The van der Waals surface area contributed by atoms with Gasteiger partial charge in [0.1, 0.15) is 5.75 Å². The number of carbonyl (C=O) groups is 4. The molecule has 7 aromatic carbocycles. The van der Waals surface area contributed by atoms with Crippen LogP contribution in [-0.2, 0) is 31.9 Å². The van der Waals surface area contributed by atoms with E-state index in [0.717, 1.165) is 68.3 Å². The Morgan fingerprint density at radius 3 is 1.96 bits per heavy atom. The first-order valence-corrected chi connectivity index (χ1v) is 23.9. The number of rotatable bonds is 10. The van der Waals surface area contributed by atoms with Crippen molar-refractivity contribution in [1.29, 1.82) is 0 Å². The zero-order chi connectivity index (χ0) is 47.5. The summed E-state index contributed by atoms with van der Waals surface area (Å²) in [4.78, 5) is 65.8. The lowest BCUT2D eigenvalue weighted by atomic mass is 9.63. The molecule has 0 bridgehead atoms. The summed E-state index contributed by atoms with van der Waals surface area (Å²) in [6, 6.07) is 44.7. The molecular weight excluding hydrogens is 865 g/mol. The molecule has 5 aliphatic heterocycles. The lowest BCUT2D eigenvalue weighted by Gasteiger charge is -2.39.